The zero-order valence-electron chi connectivity index (χ0n) is 14.9. The van der Waals surface area contributed by atoms with E-state index in [2.05, 4.69) is 27.5 Å². The molecule has 0 spiro atoms. The lowest BCUT2D eigenvalue weighted by Crippen LogP contribution is -2.43. The van der Waals surface area contributed by atoms with Gasteiger partial charge in [-0.05, 0) is 30.9 Å². The summed E-state index contributed by atoms with van der Waals surface area (Å²) in [5.41, 5.74) is 7.82. The van der Waals surface area contributed by atoms with Crippen molar-refractivity contribution in [3.63, 3.8) is 0 Å². The molecule has 27 heavy (non-hydrogen) atoms. The smallest absolute Gasteiger partial charge is 0.254 e. The number of aromatic nitrogens is 1. The topological polar surface area (TPSA) is 80.0 Å². The quantitative estimate of drug-likeness (QED) is 0.716. The van der Waals surface area contributed by atoms with Crippen molar-refractivity contribution in [2.75, 3.05) is 5.32 Å². The van der Waals surface area contributed by atoms with Gasteiger partial charge in [-0.3, -0.25) is 4.79 Å². The van der Waals surface area contributed by atoms with Gasteiger partial charge < -0.3 is 16.4 Å². The van der Waals surface area contributed by atoms with Gasteiger partial charge in [-0.1, -0.05) is 37.0 Å². The molecule has 0 bridgehead atoms. The van der Waals surface area contributed by atoms with Crippen LogP contribution in [0.3, 0.4) is 0 Å². The third-order valence-electron chi connectivity index (χ3n) is 5.13. The van der Waals surface area contributed by atoms with Gasteiger partial charge in [-0.25, -0.2) is 9.37 Å². The highest BCUT2D eigenvalue weighted by Gasteiger charge is 2.31. The molecule has 1 aromatic heterocycles. The molecule has 6 heteroatoms. The van der Waals surface area contributed by atoms with Gasteiger partial charge in [-0.2, -0.15) is 0 Å². The molecule has 138 valence electrons. The summed E-state index contributed by atoms with van der Waals surface area (Å²) in [5.74, 6) is 5.25. The number of nitrogens with zero attached hydrogens (tertiary/aromatic N) is 1. The van der Waals surface area contributed by atoms with Gasteiger partial charge in [0.05, 0.1) is 5.56 Å². The minimum absolute atomic E-state index is 0.0289. The molecular formula is C21H21FN4O. The molecule has 1 amide bonds. The summed E-state index contributed by atoms with van der Waals surface area (Å²) < 4.78 is 15.0. The number of fused-ring (bicyclic) bond motifs is 1. The zero-order valence-corrected chi connectivity index (χ0v) is 14.9. The first-order valence-electron chi connectivity index (χ1n) is 9.23. The van der Waals surface area contributed by atoms with Gasteiger partial charge in [0.15, 0.2) is 11.6 Å². The maximum atomic E-state index is 15.0. The summed E-state index contributed by atoms with van der Waals surface area (Å²) in [6.45, 7) is 0.147. The number of halogens is 1. The number of amides is 1. The molecule has 2 heterocycles. The van der Waals surface area contributed by atoms with Crippen LogP contribution in [0.15, 0.2) is 30.3 Å². The predicted molar refractivity (Wildman–Crippen MR) is 102 cm³/mol. The summed E-state index contributed by atoms with van der Waals surface area (Å²) in [5, 5.41) is 5.83. The van der Waals surface area contributed by atoms with Gasteiger partial charge >= 0.3 is 0 Å². The van der Waals surface area contributed by atoms with Crippen LogP contribution in [0.4, 0.5) is 10.2 Å². The Balaban J connectivity index is 1.73. The van der Waals surface area contributed by atoms with Crippen molar-refractivity contribution in [2.45, 2.75) is 44.3 Å². The van der Waals surface area contributed by atoms with Crippen molar-refractivity contribution in [3.05, 3.63) is 58.5 Å². The van der Waals surface area contributed by atoms with Gasteiger partial charge in [-0.15, -0.1) is 0 Å². The first-order valence-corrected chi connectivity index (χ1v) is 9.23. The molecule has 5 nitrogen and oxygen atoms in total. The molecule has 4 rings (SSSR count). The number of carbonyl (C=O) groups is 1. The highest BCUT2D eigenvalue weighted by atomic mass is 19.1. The Morgan fingerprint density at radius 1 is 1.19 bits per heavy atom. The SMILES string of the molecule is NC1CCCCC1Nc1nc(C#Cc2ccccc2)c2c(c1F)CNC2=O. The summed E-state index contributed by atoms with van der Waals surface area (Å²) in [6, 6.07) is 9.36. The predicted octanol–water partition coefficient (Wildman–Crippen LogP) is 2.55. The number of rotatable bonds is 2. The summed E-state index contributed by atoms with van der Waals surface area (Å²) in [7, 11) is 0. The molecule has 4 N–H and O–H groups in total. The Hall–Kier alpha value is -2.91. The molecule has 1 fully saturated rings. The van der Waals surface area contributed by atoms with Crippen LogP contribution in [0.1, 0.15) is 52.9 Å². The van der Waals surface area contributed by atoms with Crippen molar-refractivity contribution >= 4 is 11.7 Å². The van der Waals surface area contributed by atoms with Crippen molar-refractivity contribution < 1.29 is 9.18 Å². The Labute approximate surface area is 157 Å². The first kappa shape index (κ1) is 17.5. The van der Waals surface area contributed by atoms with Crippen LogP contribution in [-0.4, -0.2) is 23.0 Å². The van der Waals surface area contributed by atoms with E-state index < -0.39 is 5.82 Å². The minimum Gasteiger partial charge on any atom is -0.363 e. The average Bonchev–Trinajstić information content (AvgIpc) is 3.08. The number of nitrogens with two attached hydrogens (primary N) is 1. The van der Waals surface area contributed by atoms with E-state index in [4.69, 9.17) is 5.73 Å². The number of nitrogens with one attached hydrogen (secondary N) is 2. The lowest BCUT2D eigenvalue weighted by atomic mass is 9.91. The lowest BCUT2D eigenvalue weighted by molar-refractivity contribution is 0.0965. The van der Waals surface area contributed by atoms with Crippen LogP contribution in [0.25, 0.3) is 0 Å². The second-order valence-electron chi connectivity index (χ2n) is 6.97. The van der Waals surface area contributed by atoms with E-state index in [0.29, 0.717) is 5.56 Å². The molecule has 1 aliphatic heterocycles. The molecule has 1 saturated carbocycles. The summed E-state index contributed by atoms with van der Waals surface area (Å²) in [4.78, 5) is 16.5. The number of carbonyl (C=O) groups excluding carboxylic acids is 1. The Kier molecular flexibility index (Phi) is 4.78. The van der Waals surface area contributed by atoms with E-state index in [9.17, 15) is 9.18 Å². The standard InChI is InChI=1S/C21H21FN4O/c22-19-14-12-24-21(27)18(14)17(11-10-13-6-2-1-3-7-13)26-20(19)25-16-9-5-4-8-15(16)23/h1-3,6-7,15-16H,4-5,8-9,12,23H2,(H,24,27)(H,25,26). The fourth-order valence-corrected chi connectivity index (χ4v) is 3.63. The van der Waals surface area contributed by atoms with Gasteiger partial charge in [0.1, 0.15) is 5.69 Å². The van der Waals surface area contributed by atoms with E-state index in [1.54, 1.807) is 0 Å². The van der Waals surface area contributed by atoms with E-state index >= 15 is 0 Å². The molecule has 2 aromatic rings. The molecule has 1 aliphatic carbocycles. The van der Waals surface area contributed by atoms with Crippen molar-refractivity contribution in [1.82, 2.24) is 10.3 Å². The number of hydrogen-bond donors (Lipinski definition) is 3. The van der Waals surface area contributed by atoms with Crippen LogP contribution < -0.4 is 16.4 Å². The molecule has 0 radical (unpaired) electrons. The largest absolute Gasteiger partial charge is 0.363 e. The molecular weight excluding hydrogens is 343 g/mol. The zero-order chi connectivity index (χ0) is 18.8. The van der Waals surface area contributed by atoms with E-state index in [1.807, 2.05) is 30.3 Å². The molecule has 0 saturated heterocycles. The fraction of sp³-hybridized carbons (Fsp3) is 0.333. The lowest BCUT2D eigenvalue weighted by Gasteiger charge is -2.30. The number of pyridine rings is 1. The number of anilines is 1. The maximum Gasteiger partial charge on any atom is 0.254 e. The normalized spacial score (nSPS) is 21.0. The molecule has 2 unspecified atom stereocenters. The number of hydrogen-bond acceptors (Lipinski definition) is 4. The Bertz CT molecular complexity index is 933. The van der Waals surface area contributed by atoms with E-state index in [1.165, 1.54) is 0 Å². The highest BCUT2D eigenvalue weighted by Crippen LogP contribution is 2.28. The van der Waals surface area contributed by atoms with Gasteiger partial charge in [0, 0.05) is 29.8 Å². The third-order valence-corrected chi connectivity index (χ3v) is 5.13. The van der Waals surface area contributed by atoms with E-state index in [0.717, 1.165) is 31.2 Å². The van der Waals surface area contributed by atoms with E-state index in [-0.39, 0.29) is 41.6 Å². The molecule has 2 aliphatic rings. The second kappa shape index (κ2) is 7.37. The van der Waals surface area contributed by atoms with Gasteiger partial charge in [0.25, 0.3) is 5.91 Å². The molecule has 1 aromatic carbocycles. The van der Waals surface area contributed by atoms with Crippen molar-refractivity contribution in [3.8, 4) is 11.8 Å². The van der Waals surface area contributed by atoms with Crippen LogP contribution in [0, 0.1) is 17.7 Å². The van der Waals surface area contributed by atoms with Crippen LogP contribution in [-0.2, 0) is 6.54 Å². The minimum atomic E-state index is -0.494. The molecule has 2 atom stereocenters. The Morgan fingerprint density at radius 2 is 1.96 bits per heavy atom. The van der Waals surface area contributed by atoms with Crippen molar-refractivity contribution in [1.29, 1.82) is 0 Å². The first-order chi connectivity index (χ1) is 13.1. The van der Waals surface area contributed by atoms with Crippen molar-refractivity contribution in [2.24, 2.45) is 5.73 Å². The summed E-state index contributed by atoms with van der Waals surface area (Å²) in [6.07, 6.45) is 3.93. The monoisotopic (exact) mass is 364 g/mol. The highest BCUT2D eigenvalue weighted by molar-refractivity contribution is 6.00. The maximum absolute atomic E-state index is 15.0. The average molecular weight is 364 g/mol. The number of benzene rings is 1. The Morgan fingerprint density at radius 3 is 2.74 bits per heavy atom. The van der Waals surface area contributed by atoms with Crippen LogP contribution >= 0.6 is 0 Å². The third kappa shape index (κ3) is 3.51. The fourth-order valence-electron chi connectivity index (χ4n) is 3.63. The van der Waals surface area contributed by atoms with Crippen LogP contribution in [0.2, 0.25) is 0 Å². The second-order valence-corrected chi connectivity index (χ2v) is 6.97. The van der Waals surface area contributed by atoms with Gasteiger partial charge in [0.2, 0.25) is 0 Å². The van der Waals surface area contributed by atoms with Crippen LogP contribution in [0.5, 0.6) is 0 Å². The summed E-state index contributed by atoms with van der Waals surface area (Å²) >= 11 is 0.